The lowest BCUT2D eigenvalue weighted by Crippen LogP contribution is -2.42. The summed E-state index contributed by atoms with van der Waals surface area (Å²) >= 11 is 6.49. The molecule has 2 aromatic carbocycles. The van der Waals surface area contributed by atoms with Crippen molar-refractivity contribution in [3.8, 4) is 17.6 Å². The van der Waals surface area contributed by atoms with E-state index in [1.807, 2.05) is 18.2 Å². The van der Waals surface area contributed by atoms with Crippen molar-refractivity contribution in [2.75, 3.05) is 33.4 Å². The average Bonchev–Trinajstić information content (AvgIpc) is 2.87. The normalized spacial score (nSPS) is 15.5. The van der Waals surface area contributed by atoms with Crippen molar-refractivity contribution >= 4 is 22.5 Å². The topological polar surface area (TPSA) is 45.6 Å². The number of likely N-dealkylation sites (tertiary alicyclic amines) is 1. The van der Waals surface area contributed by atoms with Crippen LogP contribution in [0.25, 0.3) is 10.9 Å². The number of methoxy groups -OCH3 is 1. The van der Waals surface area contributed by atoms with Crippen LogP contribution in [0.5, 0.6) is 5.75 Å². The molecule has 1 aliphatic rings. The van der Waals surface area contributed by atoms with Crippen molar-refractivity contribution in [1.82, 2.24) is 9.88 Å². The van der Waals surface area contributed by atoms with E-state index in [-0.39, 0.29) is 12.0 Å². The quantitative estimate of drug-likeness (QED) is 0.405. The van der Waals surface area contributed by atoms with Gasteiger partial charge in [-0.25, -0.2) is 13.2 Å². The maximum atomic E-state index is 13.8. The zero-order valence-electron chi connectivity index (χ0n) is 20.1. The maximum Gasteiger partial charge on any atom is 0.144 e. The lowest BCUT2D eigenvalue weighted by molar-refractivity contribution is 0.0401. The van der Waals surface area contributed by atoms with Gasteiger partial charge in [-0.15, -0.1) is 0 Å². The van der Waals surface area contributed by atoms with Gasteiger partial charge in [0.1, 0.15) is 23.2 Å². The second-order valence-electron chi connectivity index (χ2n) is 9.30. The summed E-state index contributed by atoms with van der Waals surface area (Å²) < 4.78 is 46.0. The van der Waals surface area contributed by atoms with E-state index in [4.69, 9.17) is 16.3 Å². The maximum absolute atomic E-state index is 13.8. The first-order valence-electron chi connectivity index (χ1n) is 11.9. The molecule has 0 unspecified atom stereocenters. The fourth-order valence-corrected chi connectivity index (χ4v) is 5.04. The number of aromatic nitrogens is 1. The Morgan fingerprint density at radius 2 is 1.86 bits per heavy atom. The van der Waals surface area contributed by atoms with E-state index >= 15 is 0 Å². The van der Waals surface area contributed by atoms with Crippen LogP contribution in [-0.4, -0.2) is 48.3 Å². The van der Waals surface area contributed by atoms with Crippen LogP contribution < -0.4 is 4.74 Å². The van der Waals surface area contributed by atoms with Gasteiger partial charge in [0.15, 0.2) is 0 Å². The highest BCUT2D eigenvalue weighted by atomic mass is 35.5. The molecule has 190 valence electrons. The van der Waals surface area contributed by atoms with Gasteiger partial charge in [-0.1, -0.05) is 23.4 Å². The average molecular weight is 517 g/mol. The number of benzene rings is 2. The molecule has 1 aliphatic heterocycles. The van der Waals surface area contributed by atoms with Gasteiger partial charge in [-0.3, -0.25) is 9.88 Å². The van der Waals surface area contributed by atoms with E-state index in [2.05, 4.69) is 21.7 Å². The predicted octanol–water partition coefficient (Wildman–Crippen LogP) is 5.76. The van der Waals surface area contributed by atoms with Gasteiger partial charge in [0.25, 0.3) is 0 Å². The fourth-order valence-electron chi connectivity index (χ4n) is 4.80. The minimum Gasteiger partial charge on any atom is -0.497 e. The molecule has 0 saturated carbocycles. The minimum atomic E-state index is -1.00. The molecule has 0 radical (unpaired) electrons. The molecule has 4 nitrogen and oxygen atoms in total. The SMILES string of the molecule is COc1ccc2ncc(Cl)c(CCCC3(CO)CCN(CC#Cc4c(F)cc(F)cc4F)CC3)c2c1. The highest BCUT2D eigenvalue weighted by molar-refractivity contribution is 6.32. The zero-order valence-corrected chi connectivity index (χ0v) is 20.8. The third-order valence-corrected chi connectivity index (χ3v) is 7.37. The van der Waals surface area contributed by atoms with Gasteiger partial charge >= 0.3 is 0 Å². The Bertz CT molecular complexity index is 1270. The van der Waals surface area contributed by atoms with E-state index in [0.29, 0.717) is 23.7 Å². The van der Waals surface area contributed by atoms with Gasteiger partial charge in [0.2, 0.25) is 0 Å². The third kappa shape index (κ3) is 5.95. The monoisotopic (exact) mass is 516 g/mol. The lowest BCUT2D eigenvalue weighted by atomic mass is 9.75. The Kier molecular flexibility index (Phi) is 8.40. The van der Waals surface area contributed by atoms with Crippen molar-refractivity contribution in [2.24, 2.45) is 5.41 Å². The Balaban J connectivity index is 1.35. The summed E-state index contributed by atoms with van der Waals surface area (Å²) in [6, 6.07) is 7.00. The molecule has 36 heavy (non-hydrogen) atoms. The van der Waals surface area contributed by atoms with Crippen LogP contribution in [0.1, 0.15) is 36.8 Å². The van der Waals surface area contributed by atoms with E-state index in [1.54, 1.807) is 13.3 Å². The predicted molar refractivity (Wildman–Crippen MR) is 135 cm³/mol. The molecule has 3 aromatic rings. The summed E-state index contributed by atoms with van der Waals surface area (Å²) in [5, 5.41) is 11.8. The number of nitrogens with zero attached hydrogens (tertiary/aromatic N) is 2. The Labute approximate surface area is 214 Å². The summed E-state index contributed by atoms with van der Waals surface area (Å²) in [6.45, 7) is 1.88. The van der Waals surface area contributed by atoms with Gasteiger partial charge in [-0.05, 0) is 74.4 Å². The van der Waals surface area contributed by atoms with Gasteiger partial charge in [0.05, 0.1) is 29.8 Å². The summed E-state index contributed by atoms with van der Waals surface area (Å²) in [5.41, 5.74) is 1.29. The van der Waals surface area contributed by atoms with Crippen LogP contribution in [-0.2, 0) is 6.42 Å². The third-order valence-electron chi connectivity index (χ3n) is 7.04. The molecule has 1 saturated heterocycles. The lowest BCUT2D eigenvalue weighted by Gasteiger charge is -2.40. The Morgan fingerprint density at radius 3 is 2.53 bits per heavy atom. The van der Waals surface area contributed by atoms with Crippen LogP contribution in [0.2, 0.25) is 5.02 Å². The summed E-state index contributed by atoms with van der Waals surface area (Å²) in [7, 11) is 1.63. The summed E-state index contributed by atoms with van der Waals surface area (Å²) in [4.78, 5) is 6.50. The molecule has 4 rings (SSSR count). The van der Waals surface area contributed by atoms with Gasteiger partial charge in [0, 0.05) is 30.3 Å². The molecule has 1 fully saturated rings. The van der Waals surface area contributed by atoms with Crippen LogP contribution in [0, 0.1) is 34.7 Å². The van der Waals surface area contributed by atoms with Crippen molar-refractivity contribution in [3.63, 3.8) is 0 Å². The molecule has 2 heterocycles. The van der Waals surface area contributed by atoms with E-state index in [0.717, 1.165) is 67.4 Å². The number of aliphatic hydroxyl groups is 1. The molecule has 1 N–H and O–H groups in total. The van der Waals surface area contributed by atoms with Crippen molar-refractivity contribution < 1.29 is 23.0 Å². The molecule has 8 heteroatoms. The van der Waals surface area contributed by atoms with Crippen LogP contribution >= 0.6 is 11.6 Å². The van der Waals surface area contributed by atoms with Gasteiger partial charge in [-0.2, -0.15) is 0 Å². The number of hydrogen-bond acceptors (Lipinski definition) is 4. The van der Waals surface area contributed by atoms with E-state index < -0.39 is 23.0 Å². The first kappa shape index (κ1) is 26.3. The largest absolute Gasteiger partial charge is 0.497 e. The number of piperidine rings is 1. The van der Waals surface area contributed by atoms with Crippen LogP contribution in [0.3, 0.4) is 0 Å². The molecule has 0 bridgehead atoms. The zero-order chi connectivity index (χ0) is 25.7. The molecular formula is C28H28ClF3N2O2. The van der Waals surface area contributed by atoms with Crippen LogP contribution in [0.4, 0.5) is 13.2 Å². The van der Waals surface area contributed by atoms with Gasteiger partial charge < -0.3 is 9.84 Å². The number of ether oxygens (including phenoxy) is 1. The van der Waals surface area contributed by atoms with Crippen molar-refractivity contribution in [3.05, 3.63) is 70.1 Å². The number of aryl methyl sites for hydroxylation is 1. The van der Waals surface area contributed by atoms with Crippen molar-refractivity contribution in [1.29, 1.82) is 0 Å². The number of hydrogen-bond donors (Lipinski definition) is 1. The second-order valence-corrected chi connectivity index (χ2v) is 9.71. The van der Waals surface area contributed by atoms with E-state index in [1.165, 1.54) is 0 Å². The molecule has 0 atom stereocenters. The molecule has 1 aromatic heterocycles. The highest BCUT2D eigenvalue weighted by Gasteiger charge is 2.33. The summed E-state index contributed by atoms with van der Waals surface area (Å²) in [5.74, 6) is 3.06. The number of fused-ring (bicyclic) bond motifs is 1. The first-order valence-corrected chi connectivity index (χ1v) is 12.3. The Hall–Kier alpha value is -2.79. The molecular weight excluding hydrogens is 489 g/mol. The minimum absolute atomic E-state index is 0.0944. The van der Waals surface area contributed by atoms with Crippen LogP contribution in [0.15, 0.2) is 36.5 Å². The smallest absolute Gasteiger partial charge is 0.144 e. The number of pyridine rings is 1. The number of rotatable bonds is 7. The number of halogens is 4. The molecule has 0 spiro atoms. The Morgan fingerprint density at radius 1 is 1.14 bits per heavy atom. The first-order chi connectivity index (χ1) is 17.3. The summed E-state index contributed by atoms with van der Waals surface area (Å²) in [6.07, 6.45) is 5.73. The van der Waals surface area contributed by atoms with Crippen molar-refractivity contribution in [2.45, 2.75) is 32.1 Å². The number of aliphatic hydroxyl groups excluding tert-OH is 1. The highest BCUT2D eigenvalue weighted by Crippen LogP contribution is 2.37. The second kappa shape index (κ2) is 11.5. The van der Waals surface area contributed by atoms with E-state index in [9.17, 15) is 18.3 Å². The fraction of sp³-hybridized carbons (Fsp3) is 0.393. The standard InChI is InChI=1S/C28H28ClF3N2O2/c1-36-20-6-7-27-23(16-20)21(24(29)17-33-27)4-2-8-28(18-35)9-12-34(13-10-28)11-3-5-22-25(31)14-19(30)15-26(22)32/h6-7,14-17,35H,2,4,8-13,18H2,1H3. The molecule has 0 aliphatic carbocycles. The molecule has 0 amide bonds.